The van der Waals surface area contributed by atoms with Gasteiger partial charge in [0.15, 0.2) is 0 Å². The second kappa shape index (κ2) is 4.18. The van der Waals surface area contributed by atoms with Gasteiger partial charge in [0.05, 0.1) is 0 Å². The third-order valence-electron chi connectivity index (χ3n) is 2.55. The van der Waals surface area contributed by atoms with Crippen LogP contribution < -0.4 is 0 Å². The van der Waals surface area contributed by atoms with Crippen molar-refractivity contribution < 1.29 is 4.79 Å². The SMILES string of the molecule is CC(=O)Cc1ccc(C(C)(C)C)c(C)c1. The molecule has 0 unspecified atom stereocenters. The van der Waals surface area contributed by atoms with Crippen molar-refractivity contribution in [2.75, 3.05) is 0 Å². The standard InChI is InChI=1S/C14H20O/c1-10-8-12(9-11(2)15)6-7-13(10)14(3,4)5/h6-8H,9H2,1-5H3. The van der Waals surface area contributed by atoms with Gasteiger partial charge in [-0.05, 0) is 36.0 Å². The van der Waals surface area contributed by atoms with Crippen LogP contribution in [0.4, 0.5) is 0 Å². The van der Waals surface area contributed by atoms with E-state index in [0.29, 0.717) is 6.42 Å². The first-order chi connectivity index (χ1) is 6.80. The van der Waals surface area contributed by atoms with E-state index in [1.165, 1.54) is 11.1 Å². The summed E-state index contributed by atoms with van der Waals surface area (Å²) in [6.07, 6.45) is 0.547. The Labute approximate surface area is 92.5 Å². The van der Waals surface area contributed by atoms with Crippen LogP contribution in [0.15, 0.2) is 18.2 Å². The molecular weight excluding hydrogens is 184 g/mol. The molecule has 0 radical (unpaired) electrons. The van der Waals surface area contributed by atoms with Gasteiger partial charge in [0.1, 0.15) is 5.78 Å². The molecule has 0 aliphatic carbocycles. The number of rotatable bonds is 2. The van der Waals surface area contributed by atoms with Gasteiger partial charge in [0.25, 0.3) is 0 Å². The minimum atomic E-state index is 0.179. The number of carbonyl (C=O) groups excluding carboxylic acids is 1. The van der Waals surface area contributed by atoms with Crippen molar-refractivity contribution >= 4 is 5.78 Å². The summed E-state index contributed by atoms with van der Waals surface area (Å²) >= 11 is 0. The Bertz CT molecular complexity index is 369. The van der Waals surface area contributed by atoms with Gasteiger partial charge in [-0.2, -0.15) is 0 Å². The molecule has 0 saturated heterocycles. The van der Waals surface area contributed by atoms with Gasteiger partial charge in [0.2, 0.25) is 0 Å². The van der Waals surface area contributed by atoms with Crippen LogP contribution in [0.1, 0.15) is 44.4 Å². The zero-order valence-corrected chi connectivity index (χ0v) is 10.3. The van der Waals surface area contributed by atoms with E-state index < -0.39 is 0 Å². The normalized spacial score (nSPS) is 11.5. The Balaban J connectivity index is 3.04. The van der Waals surface area contributed by atoms with Crippen LogP contribution in [0, 0.1) is 6.92 Å². The van der Waals surface area contributed by atoms with E-state index in [0.717, 1.165) is 5.56 Å². The quantitative estimate of drug-likeness (QED) is 0.721. The molecule has 15 heavy (non-hydrogen) atoms. The summed E-state index contributed by atoms with van der Waals surface area (Å²) in [7, 11) is 0. The van der Waals surface area contributed by atoms with Crippen LogP contribution in [0.5, 0.6) is 0 Å². The monoisotopic (exact) mass is 204 g/mol. The number of benzene rings is 1. The molecule has 0 spiro atoms. The fourth-order valence-corrected chi connectivity index (χ4v) is 1.96. The Morgan fingerprint density at radius 1 is 1.27 bits per heavy atom. The predicted octanol–water partition coefficient (Wildman–Crippen LogP) is 3.42. The third kappa shape index (κ3) is 3.19. The van der Waals surface area contributed by atoms with Crippen molar-refractivity contribution in [1.82, 2.24) is 0 Å². The number of hydrogen-bond donors (Lipinski definition) is 0. The minimum Gasteiger partial charge on any atom is -0.300 e. The summed E-state index contributed by atoms with van der Waals surface area (Å²) in [4.78, 5) is 11.0. The van der Waals surface area contributed by atoms with E-state index >= 15 is 0 Å². The molecule has 0 bridgehead atoms. The fourth-order valence-electron chi connectivity index (χ4n) is 1.96. The maximum Gasteiger partial charge on any atom is 0.134 e. The van der Waals surface area contributed by atoms with Crippen LogP contribution in [-0.4, -0.2) is 5.78 Å². The lowest BCUT2D eigenvalue weighted by molar-refractivity contribution is -0.116. The van der Waals surface area contributed by atoms with Crippen molar-refractivity contribution in [3.05, 3.63) is 34.9 Å². The molecular formula is C14H20O. The van der Waals surface area contributed by atoms with Gasteiger partial charge in [-0.1, -0.05) is 39.0 Å². The van der Waals surface area contributed by atoms with E-state index in [1.54, 1.807) is 6.92 Å². The van der Waals surface area contributed by atoms with Crippen LogP contribution in [0.2, 0.25) is 0 Å². The summed E-state index contributed by atoms with van der Waals surface area (Å²) in [6, 6.07) is 6.34. The summed E-state index contributed by atoms with van der Waals surface area (Å²) in [5.41, 5.74) is 3.93. The number of Topliss-reactive ketones (excluding diaryl/α,β-unsaturated/α-hetero) is 1. The predicted molar refractivity (Wildman–Crippen MR) is 64.3 cm³/mol. The second-order valence-corrected chi connectivity index (χ2v) is 5.28. The van der Waals surface area contributed by atoms with Crippen LogP contribution in [-0.2, 0) is 16.6 Å². The molecule has 0 amide bonds. The molecule has 0 aromatic heterocycles. The number of carbonyl (C=O) groups is 1. The van der Waals surface area contributed by atoms with Crippen LogP contribution >= 0.6 is 0 Å². The van der Waals surface area contributed by atoms with Crippen molar-refractivity contribution in [3.8, 4) is 0 Å². The molecule has 82 valence electrons. The van der Waals surface area contributed by atoms with Crippen molar-refractivity contribution in [2.24, 2.45) is 0 Å². The maximum absolute atomic E-state index is 11.0. The Morgan fingerprint density at radius 2 is 1.87 bits per heavy atom. The molecule has 1 rings (SSSR count). The smallest absolute Gasteiger partial charge is 0.134 e. The zero-order chi connectivity index (χ0) is 11.6. The third-order valence-corrected chi connectivity index (χ3v) is 2.55. The highest BCUT2D eigenvalue weighted by molar-refractivity contribution is 5.78. The Morgan fingerprint density at radius 3 is 2.27 bits per heavy atom. The molecule has 0 saturated carbocycles. The van der Waals surface area contributed by atoms with Crippen molar-refractivity contribution in [3.63, 3.8) is 0 Å². The molecule has 1 nitrogen and oxygen atoms in total. The van der Waals surface area contributed by atoms with Crippen molar-refractivity contribution in [1.29, 1.82) is 0 Å². The van der Waals surface area contributed by atoms with Crippen LogP contribution in [0.25, 0.3) is 0 Å². The summed E-state index contributed by atoms with van der Waals surface area (Å²) in [5.74, 6) is 0.220. The first kappa shape index (κ1) is 12.0. The van der Waals surface area contributed by atoms with Gasteiger partial charge < -0.3 is 0 Å². The first-order valence-electron chi connectivity index (χ1n) is 5.40. The molecule has 0 fully saturated rings. The van der Waals surface area contributed by atoms with E-state index in [4.69, 9.17) is 0 Å². The highest BCUT2D eigenvalue weighted by Crippen LogP contribution is 2.26. The molecule has 0 atom stereocenters. The van der Waals surface area contributed by atoms with Gasteiger partial charge in [-0.25, -0.2) is 0 Å². The highest BCUT2D eigenvalue weighted by atomic mass is 16.1. The number of aryl methyl sites for hydroxylation is 1. The Hall–Kier alpha value is -1.11. The van der Waals surface area contributed by atoms with Crippen LogP contribution in [0.3, 0.4) is 0 Å². The second-order valence-electron chi connectivity index (χ2n) is 5.28. The highest BCUT2D eigenvalue weighted by Gasteiger charge is 2.16. The molecule has 0 N–H and O–H groups in total. The lowest BCUT2D eigenvalue weighted by Gasteiger charge is -2.22. The largest absolute Gasteiger partial charge is 0.300 e. The van der Waals surface area contributed by atoms with E-state index in [2.05, 4.69) is 45.9 Å². The average Bonchev–Trinajstić information content (AvgIpc) is 1.99. The number of hydrogen-bond acceptors (Lipinski definition) is 1. The topological polar surface area (TPSA) is 17.1 Å². The summed E-state index contributed by atoms with van der Waals surface area (Å²) in [5, 5.41) is 0. The van der Waals surface area contributed by atoms with E-state index in [-0.39, 0.29) is 11.2 Å². The molecule has 0 heterocycles. The van der Waals surface area contributed by atoms with Gasteiger partial charge >= 0.3 is 0 Å². The molecule has 0 aliphatic heterocycles. The number of ketones is 1. The average molecular weight is 204 g/mol. The van der Waals surface area contributed by atoms with E-state index in [1.807, 2.05) is 0 Å². The minimum absolute atomic E-state index is 0.179. The Kier molecular flexibility index (Phi) is 3.33. The molecule has 1 aromatic rings. The maximum atomic E-state index is 11.0. The molecule has 0 aliphatic rings. The molecule has 1 heteroatoms. The lowest BCUT2D eigenvalue weighted by Crippen LogP contribution is -2.13. The fraction of sp³-hybridized carbons (Fsp3) is 0.500. The lowest BCUT2D eigenvalue weighted by atomic mass is 9.83. The first-order valence-corrected chi connectivity index (χ1v) is 5.40. The zero-order valence-electron chi connectivity index (χ0n) is 10.3. The van der Waals surface area contributed by atoms with Crippen molar-refractivity contribution in [2.45, 2.75) is 46.5 Å². The van der Waals surface area contributed by atoms with E-state index in [9.17, 15) is 4.79 Å². The summed E-state index contributed by atoms with van der Waals surface area (Å²) in [6.45, 7) is 10.4. The van der Waals surface area contributed by atoms with Gasteiger partial charge in [0, 0.05) is 6.42 Å². The summed E-state index contributed by atoms with van der Waals surface area (Å²) < 4.78 is 0. The van der Waals surface area contributed by atoms with Gasteiger partial charge in [-0.3, -0.25) is 4.79 Å². The molecule has 1 aromatic carbocycles. The van der Waals surface area contributed by atoms with Gasteiger partial charge in [-0.15, -0.1) is 0 Å².